The summed E-state index contributed by atoms with van der Waals surface area (Å²) in [4.78, 5) is 12.0. The van der Waals surface area contributed by atoms with Gasteiger partial charge in [0.05, 0.1) is 18.8 Å². The monoisotopic (exact) mass is 297 g/mol. The summed E-state index contributed by atoms with van der Waals surface area (Å²) in [5.74, 6) is -0.717. The normalized spacial score (nSPS) is 28.6. The molecule has 3 N–H and O–H groups in total. The maximum absolute atomic E-state index is 12.8. The van der Waals surface area contributed by atoms with Crippen LogP contribution < -0.4 is 5.32 Å². The van der Waals surface area contributed by atoms with Crippen molar-refractivity contribution in [1.29, 1.82) is 0 Å². The van der Waals surface area contributed by atoms with Gasteiger partial charge in [-0.05, 0) is 37.1 Å². The number of aliphatic hydroxyl groups excluding tert-OH is 2. The van der Waals surface area contributed by atoms with Crippen molar-refractivity contribution < 1.29 is 24.1 Å². The molecular formula is C15H20FNO4. The van der Waals surface area contributed by atoms with Gasteiger partial charge in [-0.3, -0.25) is 4.79 Å². The average Bonchev–Trinajstić information content (AvgIpc) is 2.73. The quantitative estimate of drug-likeness (QED) is 0.748. The molecule has 1 fully saturated rings. The van der Waals surface area contributed by atoms with Gasteiger partial charge in [0.25, 0.3) is 5.91 Å². The molecule has 0 aromatic heterocycles. The maximum atomic E-state index is 12.8. The van der Waals surface area contributed by atoms with Crippen LogP contribution in [0.1, 0.15) is 23.2 Å². The fraction of sp³-hybridized carbons (Fsp3) is 0.533. The average molecular weight is 297 g/mol. The molecule has 0 aliphatic heterocycles. The highest BCUT2D eigenvalue weighted by Crippen LogP contribution is 2.38. The summed E-state index contributed by atoms with van der Waals surface area (Å²) in [6.45, 7) is 0.621. The van der Waals surface area contributed by atoms with Gasteiger partial charge in [-0.25, -0.2) is 4.39 Å². The van der Waals surface area contributed by atoms with Crippen LogP contribution in [0.2, 0.25) is 0 Å². The maximum Gasteiger partial charge on any atom is 0.251 e. The third-order valence-corrected chi connectivity index (χ3v) is 3.91. The predicted octanol–water partition coefficient (Wildman–Crippen LogP) is 0.704. The Hall–Kier alpha value is -1.50. The van der Waals surface area contributed by atoms with Crippen LogP contribution in [-0.4, -0.2) is 48.6 Å². The first kappa shape index (κ1) is 15.9. The van der Waals surface area contributed by atoms with Crippen LogP contribution in [0.25, 0.3) is 0 Å². The second kappa shape index (κ2) is 6.51. The Morgan fingerprint density at radius 1 is 1.33 bits per heavy atom. The minimum absolute atomic E-state index is 0.283. The first-order valence-electron chi connectivity index (χ1n) is 6.85. The molecule has 1 aliphatic carbocycles. The van der Waals surface area contributed by atoms with E-state index in [1.54, 1.807) is 7.11 Å². The molecule has 5 nitrogen and oxygen atoms in total. The van der Waals surface area contributed by atoms with E-state index in [1.807, 2.05) is 0 Å². The highest BCUT2D eigenvalue weighted by molar-refractivity contribution is 5.94. The molecule has 21 heavy (non-hydrogen) atoms. The highest BCUT2D eigenvalue weighted by Gasteiger charge is 2.44. The van der Waals surface area contributed by atoms with E-state index in [1.165, 1.54) is 24.3 Å². The molecule has 0 heterocycles. The largest absolute Gasteiger partial charge is 0.390 e. The van der Waals surface area contributed by atoms with Gasteiger partial charge in [-0.2, -0.15) is 0 Å². The van der Waals surface area contributed by atoms with Crippen molar-refractivity contribution in [1.82, 2.24) is 5.32 Å². The van der Waals surface area contributed by atoms with Gasteiger partial charge < -0.3 is 20.3 Å². The van der Waals surface area contributed by atoms with Crippen LogP contribution in [0.4, 0.5) is 4.39 Å². The van der Waals surface area contributed by atoms with Crippen LogP contribution in [0.15, 0.2) is 24.3 Å². The molecular weight excluding hydrogens is 277 g/mol. The number of hydrogen-bond donors (Lipinski definition) is 3. The second-order valence-corrected chi connectivity index (χ2v) is 5.67. The van der Waals surface area contributed by atoms with Crippen LogP contribution >= 0.6 is 0 Å². The number of hydrogen-bond acceptors (Lipinski definition) is 4. The Morgan fingerprint density at radius 3 is 2.43 bits per heavy atom. The van der Waals surface area contributed by atoms with Gasteiger partial charge in [-0.1, -0.05) is 0 Å². The summed E-state index contributed by atoms with van der Waals surface area (Å²) >= 11 is 0. The predicted molar refractivity (Wildman–Crippen MR) is 74.3 cm³/mol. The van der Waals surface area contributed by atoms with E-state index >= 15 is 0 Å². The highest BCUT2D eigenvalue weighted by atomic mass is 19.1. The van der Waals surface area contributed by atoms with Crippen molar-refractivity contribution >= 4 is 5.91 Å². The molecule has 1 amide bonds. The van der Waals surface area contributed by atoms with Gasteiger partial charge in [-0.15, -0.1) is 0 Å². The standard InChI is InChI=1S/C15H20FNO4/c1-21-9-15(6-12(18)13(19)7-15)8-17-14(20)10-2-4-11(16)5-3-10/h2-5,12-13,18-19H,6-9H2,1H3,(H,17,20)/t12-,13+,15?. The number of benzene rings is 1. The summed E-state index contributed by atoms with van der Waals surface area (Å²) < 4.78 is 18.0. The minimum atomic E-state index is -0.803. The first-order chi connectivity index (χ1) is 9.96. The van der Waals surface area contributed by atoms with Gasteiger partial charge in [0, 0.05) is 24.6 Å². The zero-order chi connectivity index (χ0) is 15.5. The van der Waals surface area contributed by atoms with E-state index < -0.39 is 23.4 Å². The Morgan fingerprint density at radius 2 is 1.90 bits per heavy atom. The van der Waals surface area contributed by atoms with Crippen LogP contribution in [0.5, 0.6) is 0 Å². The molecule has 2 rings (SSSR count). The third-order valence-electron chi connectivity index (χ3n) is 3.91. The number of carbonyl (C=O) groups is 1. The number of ether oxygens (including phenoxy) is 1. The fourth-order valence-electron chi connectivity index (χ4n) is 2.83. The zero-order valence-corrected chi connectivity index (χ0v) is 11.9. The molecule has 1 aliphatic rings. The van der Waals surface area contributed by atoms with Gasteiger partial charge in [0.15, 0.2) is 0 Å². The Balaban J connectivity index is 1.99. The smallest absolute Gasteiger partial charge is 0.251 e. The van der Waals surface area contributed by atoms with Crippen molar-refractivity contribution in [3.63, 3.8) is 0 Å². The molecule has 0 bridgehead atoms. The number of nitrogens with one attached hydrogen (secondary N) is 1. The fourth-order valence-corrected chi connectivity index (χ4v) is 2.83. The SMILES string of the molecule is COCC1(CNC(=O)c2ccc(F)cc2)C[C@@H](O)[C@@H](O)C1. The van der Waals surface area contributed by atoms with Crippen molar-refractivity contribution in [3.05, 3.63) is 35.6 Å². The van der Waals surface area contributed by atoms with E-state index in [2.05, 4.69) is 5.32 Å². The lowest BCUT2D eigenvalue weighted by Gasteiger charge is -2.28. The Labute approximate surface area is 122 Å². The molecule has 1 saturated carbocycles. The number of carbonyl (C=O) groups excluding carboxylic acids is 1. The lowest BCUT2D eigenvalue weighted by molar-refractivity contribution is 0.0438. The van der Waals surface area contributed by atoms with Gasteiger partial charge >= 0.3 is 0 Å². The number of amides is 1. The lowest BCUT2D eigenvalue weighted by Crippen LogP contribution is -2.39. The van der Waals surface area contributed by atoms with Crippen LogP contribution in [0.3, 0.4) is 0 Å². The van der Waals surface area contributed by atoms with Crippen molar-refractivity contribution in [2.75, 3.05) is 20.3 Å². The lowest BCUT2D eigenvalue weighted by atomic mass is 9.86. The number of aliphatic hydroxyl groups is 2. The number of methoxy groups -OCH3 is 1. The third kappa shape index (κ3) is 3.78. The van der Waals surface area contributed by atoms with Gasteiger partial charge in [0.1, 0.15) is 5.82 Å². The molecule has 6 heteroatoms. The van der Waals surface area contributed by atoms with E-state index in [0.29, 0.717) is 25.0 Å². The Kier molecular flexibility index (Phi) is 4.92. The number of rotatable bonds is 5. The van der Waals surface area contributed by atoms with E-state index in [0.717, 1.165) is 0 Å². The Bertz CT molecular complexity index is 481. The van der Waals surface area contributed by atoms with E-state index in [-0.39, 0.29) is 12.5 Å². The molecule has 116 valence electrons. The van der Waals surface area contributed by atoms with Crippen molar-refractivity contribution in [2.24, 2.45) is 5.41 Å². The topological polar surface area (TPSA) is 78.8 Å². The first-order valence-corrected chi connectivity index (χ1v) is 6.85. The minimum Gasteiger partial charge on any atom is -0.390 e. The summed E-state index contributed by atoms with van der Waals surface area (Å²) in [5, 5.41) is 22.2. The van der Waals surface area contributed by atoms with Crippen molar-refractivity contribution in [2.45, 2.75) is 25.0 Å². The summed E-state index contributed by atoms with van der Waals surface area (Å²) in [6, 6.07) is 5.27. The molecule has 1 unspecified atom stereocenters. The molecule has 0 spiro atoms. The molecule has 1 aromatic carbocycles. The molecule has 0 radical (unpaired) electrons. The molecule has 3 atom stereocenters. The van der Waals surface area contributed by atoms with Crippen molar-refractivity contribution in [3.8, 4) is 0 Å². The van der Waals surface area contributed by atoms with Gasteiger partial charge in [0.2, 0.25) is 0 Å². The number of halogens is 1. The van der Waals surface area contributed by atoms with E-state index in [4.69, 9.17) is 4.74 Å². The summed E-state index contributed by atoms with van der Waals surface area (Å²) in [5.41, 5.74) is -0.119. The zero-order valence-electron chi connectivity index (χ0n) is 11.9. The van der Waals surface area contributed by atoms with Crippen LogP contribution in [0, 0.1) is 11.2 Å². The summed E-state index contributed by atoms with van der Waals surface area (Å²) in [6.07, 6.45) is -0.872. The van der Waals surface area contributed by atoms with Crippen LogP contribution in [-0.2, 0) is 4.74 Å². The van der Waals surface area contributed by atoms with E-state index in [9.17, 15) is 19.4 Å². The summed E-state index contributed by atoms with van der Waals surface area (Å²) in [7, 11) is 1.54. The molecule has 1 aromatic rings. The second-order valence-electron chi connectivity index (χ2n) is 5.67. The molecule has 0 saturated heterocycles.